The number of rotatable bonds is 4. The maximum absolute atomic E-state index is 12.0. The molecule has 25 heavy (non-hydrogen) atoms. The smallest absolute Gasteiger partial charge is 0.226 e. The molecule has 3 rings (SSSR count). The van der Waals surface area contributed by atoms with Crippen molar-refractivity contribution in [3.63, 3.8) is 0 Å². The van der Waals surface area contributed by atoms with Gasteiger partial charge in [-0.2, -0.15) is 0 Å². The van der Waals surface area contributed by atoms with E-state index in [0.29, 0.717) is 30.3 Å². The Morgan fingerprint density at radius 2 is 2.12 bits per heavy atom. The number of hydrogen-bond donors (Lipinski definition) is 1. The van der Waals surface area contributed by atoms with Gasteiger partial charge in [0.05, 0.1) is 30.5 Å². The summed E-state index contributed by atoms with van der Waals surface area (Å²) in [7, 11) is 3.39. The second kappa shape index (κ2) is 7.10. The van der Waals surface area contributed by atoms with E-state index >= 15 is 0 Å². The van der Waals surface area contributed by atoms with E-state index in [4.69, 9.17) is 0 Å². The highest BCUT2D eigenvalue weighted by Crippen LogP contribution is 2.28. The van der Waals surface area contributed by atoms with Crippen molar-refractivity contribution >= 4 is 11.9 Å². The first-order valence-corrected chi connectivity index (χ1v) is 8.24. The number of anilines is 1. The maximum atomic E-state index is 12.0. The van der Waals surface area contributed by atoms with E-state index in [0.717, 1.165) is 13.0 Å². The van der Waals surface area contributed by atoms with Gasteiger partial charge in [0.25, 0.3) is 0 Å². The Bertz CT molecular complexity index is 739. The van der Waals surface area contributed by atoms with E-state index in [1.807, 2.05) is 4.90 Å². The lowest BCUT2D eigenvalue weighted by Crippen LogP contribution is -2.51. The molecule has 0 radical (unpaired) electrons. The van der Waals surface area contributed by atoms with Crippen LogP contribution in [-0.4, -0.2) is 68.6 Å². The number of aromatic nitrogens is 4. The van der Waals surface area contributed by atoms with Crippen molar-refractivity contribution in [3.8, 4) is 11.4 Å². The fourth-order valence-electron chi connectivity index (χ4n) is 2.94. The van der Waals surface area contributed by atoms with E-state index in [2.05, 4.69) is 19.9 Å². The fraction of sp³-hybridized carbons (Fsp3) is 0.471. The minimum absolute atomic E-state index is 0.0846. The number of carbonyl (C=O) groups excluding carboxylic acids is 1. The van der Waals surface area contributed by atoms with Gasteiger partial charge in [0.15, 0.2) is 0 Å². The molecule has 0 aliphatic carbocycles. The van der Waals surface area contributed by atoms with Crippen molar-refractivity contribution in [3.05, 3.63) is 30.9 Å². The van der Waals surface area contributed by atoms with Gasteiger partial charge >= 0.3 is 0 Å². The molecule has 1 fully saturated rings. The summed E-state index contributed by atoms with van der Waals surface area (Å²) in [6.07, 6.45) is 8.00. The summed E-state index contributed by atoms with van der Waals surface area (Å²) in [5.41, 5.74) is 0.281. The van der Waals surface area contributed by atoms with Gasteiger partial charge in [0.2, 0.25) is 11.9 Å². The third-order valence-electron chi connectivity index (χ3n) is 4.29. The Kier molecular flexibility index (Phi) is 4.89. The second-order valence-corrected chi connectivity index (χ2v) is 6.55. The Balaban J connectivity index is 1.79. The molecular formula is C17H22N6O2. The lowest BCUT2D eigenvalue weighted by atomic mass is 9.89. The zero-order valence-corrected chi connectivity index (χ0v) is 14.5. The summed E-state index contributed by atoms with van der Waals surface area (Å²) in [4.78, 5) is 32.6. The number of hydrogen-bond acceptors (Lipinski definition) is 7. The molecule has 8 nitrogen and oxygen atoms in total. The van der Waals surface area contributed by atoms with Gasteiger partial charge < -0.3 is 14.9 Å². The van der Waals surface area contributed by atoms with Crippen LogP contribution < -0.4 is 4.90 Å². The first-order chi connectivity index (χ1) is 12.0. The Morgan fingerprint density at radius 1 is 1.28 bits per heavy atom. The van der Waals surface area contributed by atoms with Crippen LogP contribution in [0, 0.1) is 0 Å². The third-order valence-corrected chi connectivity index (χ3v) is 4.29. The number of aliphatic hydroxyl groups is 1. The van der Waals surface area contributed by atoms with Crippen LogP contribution >= 0.6 is 0 Å². The van der Waals surface area contributed by atoms with Crippen LogP contribution in [0.2, 0.25) is 0 Å². The zero-order valence-electron chi connectivity index (χ0n) is 14.5. The molecule has 3 heterocycles. The van der Waals surface area contributed by atoms with Crippen LogP contribution in [0.1, 0.15) is 19.3 Å². The highest BCUT2D eigenvalue weighted by Gasteiger charge is 2.36. The molecule has 0 bridgehead atoms. The van der Waals surface area contributed by atoms with Gasteiger partial charge in [-0.3, -0.25) is 14.8 Å². The first kappa shape index (κ1) is 17.2. The normalized spacial score (nSPS) is 20.4. The summed E-state index contributed by atoms with van der Waals surface area (Å²) >= 11 is 0. The third kappa shape index (κ3) is 4.08. The Hall–Kier alpha value is -2.61. The average Bonchev–Trinajstić information content (AvgIpc) is 2.62. The molecular weight excluding hydrogens is 320 g/mol. The van der Waals surface area contributed by atoms with Gasteiger partial charge in [-0.25, -0.2) is 9.97 Å². The van der Waals surface area contributed by atoms with Crippen molar-refractivity contribution < 1.29 is 9.90 Å². The molecule has 1 atom stereocenters. The summed E-state index contributed by atoms with van der Waals surface area (Å²) in [5.74, 6) is 0.442. The van der Waals surface area contributed by atoms with Crippen molar-refractivity contribution in [2.75, 3.05) is 32.1 Å². The fourth-order valence-corrected chi connectivity index (χ4v) is 2.94. The highest BCUT2D eigenvalue weighted by molar-refractivity contribution is 5.76. The first-order valence-electron chi connectivity index (χ1n) is 8.24. The molecule has 2 aromatic heterocycles. The Morgan fingerprint density at radius 3 is 2.84 bits per heavy atom. The monoisotopic (exact) mass is 342 g/mol. The van der Waals surface area contributed by atoms with E-state index < -0.39 is 5.60 Å². The summed E-state index contributed by atoms with van der Waals surface area (Å²) in [6, 6.07) is 1.78. The van der Waals surface area contributed by atoms with Gasteiger partial charge in [-0.15, -0.1) is 0 Å². The second-order valence-electron chi connectivity index (χ2n) is 6.55. The topological polar surface area (TPSA) is 95.3 Å². The molecule has 0 saturated carbocycles. The van der Waals surface area contributed by atoms with E-state index in [-0.39, 0.29) is 12.3 Å². The molecule has 132 valence electrons. The van der Waals surface area contributed by atoms with Crippen LogP contribution in [0.15, 0.2) is 30.9 Å². The predicted molar refractivity (Wildman–Crippen MR) is 92.8 cm³/mol. The van der Waals surface area contributed by atoms with Gasteiger partial charge in [-0.05, 0) is 18.9 Å². The number of β-amino-alcohol motifs (C(OH)–C–C–N with tert-alkyl or cyclic N) is 1. The predicted octanol–water partition coefficient (Wildman–Crippen LogP) is 0.743. The quantitative estimate of drug-likeness (QED) is 0.875. The lowest BCUT2D eigenvalue weighted by molar-refractivity contribution is -0.134. The van der Waals surface area contributed by atoms with Crippen LogP contribution in [0.25, 0.3) is 11.4 Å². The lowest BCUT2D eigenvalue weighted by Gasteiger charge is -2.39. The van der Waals surface area contributed by atoms with E-state index in [1.54, 1.807) is 44.9 Å². The molecule has 2 aromatic rings. The van der Waals surface area contributed by atoms with Crippen LogP contribution in [0.5, 0.6) is 0 Å². The molecule has 0 spiro atoms. The highest BCUT2D eigenvalue weighted by atomic mass is 16.3. The molecule has 1 aliphatic heterocycles. The number of piperidine rings is 1. The molecule has 1 saturated heterocycles. The molecule has 1 amide bonds. The van der Waals surface area contributed by atoms with Gasteiger partial charge in [0, 0.05) is 39.2 Å². The minimum atomic E-state index is -1.06. The largest absolute Gasteiger partial charge is 0.388 e. The van der Waals surface area contributed by atoms with Crippen LogP contribution in [-0.2, 0) is 4.79 Å². The van der Waals surface area contributed by atoms with Crippen molar-refractivity contribution in [2.24, 2.45) is 0 Å². The van der Waals surface area contributed by atoms with E-state index in [1.165, 1.54) is 4.90 Å². The summed E-state index contributed by atoms with van der Waals surface area (Å²) < 4.78 is 0. The number of nitrogens with zero attached hydrogens (tertiary/aromatic N) is 6. The molecule has 8 heteroatoms. The van der Waals surface area contributed by atoms with Gasteiger partial charge in [0.1, 0.15) is 5.69 Å². The zero-order chi connectivity index (χ0) is 17.9. The van der Waals surface area contributed by atoms with Crippen molar-refractivity contribution in [1.82, 2.24) is 24.8 Å². The van der Waals surface area contributed by atoms with Crippen molar-refractivity contribution in [1.29, 1.82) is 0 Å². The Labute approximate surface area is 146 Å². The standard InChI is InChI=1S/C17H22N6O2/c1-22(2)15(24)10-17(25)5-3-9-23(12-17)16-20-6-4-13(21-16)14-11-18-7-8-19-14/h4,6-8,11,25H,3,5,9-10,12H2,1-2H3. The molecule has 1 aliphatic rings. The number of carbonyl (C=O) groups is 1. The SMILES string of the molecule is CN(C)C(=O)CC1(O)CCCN(c2nccc(-c3cnccn3)n2)C1. The maximum Gasteiger partial charge on any atom is 0.226 e. The van der Waals surface area contributed by atoms with Crippen molar-refractivity contribution in [2.45, 2.75) is 24.9 Å². The van der Waals surface area contributed by atoms with Gasteiger partial charge in [-0.1, -0.05) is 0 Å². The average molecular weight is 342 g/mol. The molecule has 0 aromatic carbocycles. The van der Waals surface area contributed by atoms with E-state index in [9.17, 15) is 9.90 Å². The van der Waals surface area contributed by atoms with Crippen LogP contribution in [0.4, 0.5) is 5.95 Å². The molecule has 1 N–H and O–H groups in total. The van der Waals surface area contributed by atoms with Crippen LogP contribution in [0.3, 0.4) is 0 Å². The minimum Gasteiger partial charge on any atom is -0.388 e. The summed E-state index contributed by atoms with van der Waals surface area (Å²) in [6.45, 7) is 1.07. The molecule has 1 unspecified atom stereocenters. The summed E-state index contributed by atoms with van der Waals surface area (Å²) in [5, 5.41) is 10.8. The number of amides is 1.